The van der Waals surface area contributed by atoms with Crippen molar-refractivity contribution in [3.05, 3.63) is 34.4 Å². The Morgan fingerprint density at radius 3 is 2.12 bits per heavy atom. The SMILES string of the molecule is CCOC(=O)c1cc(C)c(C(C)=O)cc1C. The maximum Gasteiger partial charge on any atom is 0.338 e. The highest BCUT2D eigenvalue weighted by Crippen LogP contribution is 2.17. The molecule has 0 aliphatic rings. The molecule has 0 aliphatic carbocycles. The Hall–Kier alpha value is -1.64. The molecule has 1 rings (SSSR count). The molecule has 0 unspecified atom stereocenters. The van der Waals surface area contributed by atoms with Crippen LogP contribution in [0, 0.1) is 13.8 Å². The molecule has 0 saturated carbocycles. The fourth-order valence-electron chi connectivity index (χ4n) is 1.62. The number of benzene rings is 1. The molecule has 16 heavy (non-hydrogen) atoms. The van der Waals surface area contributed by atoms with Gasteiger partial charge in [-0.25, -0.2) is 4.79 Å². The molecule has 0 spiro atoms. The normalized spacial score (nSPS) is 10.0. The van der Waals surface area contributed by atoms with Crippen molar-refractivity contribution in [2.75, 3.05) is 6.61 Å². The van der Waals surface area contributed by atoms with Gasteiger partial charge in [0.15, 0.2) is 5.78 Å². The van der Waals surface area contributed by atoms with Gasteiger partial charge in [0.25, 0.3) is 0 Å². The summed E-state index contributed by atoms with van der Waals surface area (Å²) in [6, 6.07) is 3.45. The highest BCUT2D eigenvalue weighted by molar-refractivity contribution is 5.98. The second-order valence-electron chi connectivity index (χ2n) is 3.76. The summed E-state index contributed by atoms with van der Waals surface area (Å²) in [5, 5.41) is 0. The molecule has 0 amide bonds. The highest BCUT2D eigenvalue weighted by Gasteiger charge is 2.14. The van der Waals surface area contributed by atoms with Gasteiger partial charge in [0.2, 0.25) is 0 Å². The second-order valence-corrected chi connectivity index (χ2v) is 3.76. The van der Waals surface area contributed by atoms with Gasteiger partial charge in [0.05, 0.1) is 12.2 Å². The van der Waals surface area contributed by atoms with Crippen LogP contribution in [-0.2, 0) is 4.74 Å². The molecular weight excluding hydrogens is 204 g/mol. The molecule has 0 aliphatic heterocycles. The molecule has 3 heteroatoms. The molecule has 86 valence electrons. The molecule has 0 aromatic heterocycles. The molecule has 0 heterocycles. The van der Waals surface area contributed by atoms with Crippen molar-refractivity contribution in [2.24, 2.45) is 0 Å². The van der Waals surface area contributed by atoms with Gasteiger partial charge in [0.1, 0.15) is 0 Å². The Bertz CT molecular complexity index is 433. The van der Waals surface area contributed by atoms with E-state index < -0.39 is 0 Å². The second kappa shape index (κ2) is 4.92. The molecule has 3 nitrogen and oxygen atoms in total. The van der Waals surface area contributed by atoms with Crippen molar-refractivity contribution in [3.8, 4) is 0 Å². The van der Waals surface area contributed by atoms with Crippen LogP contribution >= 0.6 is 0 Å². The van der Waals surface area contributed by atoms with Crippen LogP contribution in [0.2, 0.25) is 0 Å². The van der Waals surface area contributed by atoms with E-state index in [1.54, 1.807) is 26.0 Å². The summed E-state index contributed by atoms with van der Waals surface area (Å²) in [5.41, 5.74) is 2.77. The number of hydrogen-bond donors (Lipinski definition) is 0. The van der Waals surface area contributed by atoms with E-state index in [2.05, 4.69) is 0 Å². The molecular formula is C13H16O3. The quantitative estimate of drug-likeness (QED) is 0.581. The van der Waals surface area contributed by atoms with E-state index in [4.69, 9.17) is 4.74 Å². The number of carbonyl (C=O) groups is 2. The molecule has 0 fully saturated rings. The van der Waals surface area contributed by atoms with Gasteiger partial charge >= 0.3 is 5.97 Å². The fraction of sp³-hybridized carbons (Fsp3) is 0.385. The fourth-order valence-corrected chi connectivity index (χ4v) is 1.62. The Balaban J connectivity index is 3.20. The summed E-state index contributed by atoms with van der Waals surface area (Å²) >= 11 is 0. The van der Waals surface area contributed by atoms with Crippen LogP contribution in [0.1, 0.15) is 45.7 Å². The Kier molecular flexibility index (Phi) is 3.82. The van der Waals surface area contributed by atoms with E-state index in [1.807, 2.05) is 6.92 Å². The van der Waals surface area contributed by atoms with Gasteiger partial charge in [-0.3, -0.25) is 4.79 Å². The van der Waals surface area contributed by atoms with Gasteiger partial charge in [-0.05, 0) is 51.0 Å². The summed E-state index contributed by atoms with van der Waals surface area (Å²) in [6.45, 7) is 7.26. The third-order valence-corrected chi connectivity index (χ3v) is 2.45. The monoisotopic (exact) mass is 220 g/mol. The zero-order valence-corrected chi connectivity index (χ0v) is 10.1. The molecule has 0 saturated heterocycles. The summed E-state index contributed by atoms with van der Waals surface area (Å²) in [4.78, 5) is 22.9. The van der Waals surface area contributed by atoms with Crippen LogP contribution in [0.3, 0.4) is 0 Å². The van der Waals surface area contributed by atoms with Crippen molar-refractivity contribution >= 4 is 11.8 Å². The zero-order chi connectivity index (χ0) is 12.3. The lowest BCUT2D eigenvalue weighted by atomic mass is 9.98. The molecule has 0 radical (unpaired) electrons. The first-order valence-corrected chi connectivity index (χ1v) is 5.26. The topological polar surface area (TPSA) is 43.4 Å². The number of ether oxygens (including phenoxy) is 1. The number of aryl methyl sites for hydroxylation is 2. The van der Waals surface area contributed by atoms with Crippen molar-refractivity contribution in [2.45, 2.75) is 27.7 Å². The molecule has 0 bridgehead atoms. The van der Waals surface area contributed by atoms with E-state index in [-0.39, 0.29) is 11.8 Å². The highest BCUT2D eigenvalue weighted by atomic mass is 16.5. The van der Waals surface area contributed by atoms with Gasteiger partial charge in [-0.2, -0.15) is 0 Å². The van der Waals surface area contributed by atoms with Crippen LogP contribution in [0.25, 0.3) is 0 Å². The first-order chi connectivity index (χ1) is 7.47. The van der Waals surface area contributed by atoms with Crippen LogP contribution < -0.4 is 0 Å². The predicted molar refractivity (Wildman–Crippen MR) is 61.9 cm³/mol. The molecule has 1 aromatic carbocycles. The Labute approximate surface area is 95.4 Å². The average Bonchev–Trinajstić information content (AvgIpc) is 2.20. The first kappa shape index (κ1) is 12.4. The third-order valence-electron chi connectivity index (χ3n) is 2.45. The third kappa shape index (κ3) is 2.48. The van der Waals surface area contributed by atoms with E-state index in [1.165, 1.54) is 6.92 Å². The van der Waals surface area contributed by atoms with E-state index in [0.717, 1.165) is 11.1 Å². The number of ketones is 1. The van der Waals surface area contributed by atoms with E-state index >= 15 is 0 Å². The minimum atomic E-state index is -0.335. The number of Topliss-reactive ketones (excluding diaryl/α,β-unsaturated/α-hetero) is 1. The number of hydrogen-bond acceptors (Lipinski definition) is 3. The smallest absolute Gasteiger partial charge is 0.338 e. The number of carbonyl (C=O) groups excluding carboxylic acids is 2. The van der Waals surface area contributed by atoms with E-state index in [0.29, 0.717) is 17.7 Å². The summed E-state index contributed by atoms with van der Waals surface area (Å²) in [6.07, 6.45) is 0. The average molecular weight is 220 g/mol. The minimum Gasteiger partial charge on any atom is -0.462 e. The van der Waals surface area contributed by atoms with Gasteiger partial charge in [-0.1, -0.05) is 0 Å². The summed E-state index contributed by atoms with van der Waals surface area (Å²) < 4.78 is 4.94. The lowest BCUT2D eigenvalue weighted by Gasteiger charge is -2.09. The zero-order valence-electron chi connectivity index (χ0n) is 10.1. The summed E-state index contributed by atoms with van der Waals surface area (Å²) in [7, 11) is 0. The van der Waals surface area contributed by atoms with Crippen LogP contribution in [0.4, 0.5) is 0 Å². The molecule has 0 N–H and O–H groups in total. The Morgan fingerprint density at radius 1 is 1.12 bits per heavy atom. The lowest BCUT2D eigenvalue weighted by Crippen LogP contribution is -2.09. The predicted octanol–water partition coefficient (Wildman–Crippen LogP) is 2.68. The van der Waals surface area contributed by atoms with Gasteiger partial charge in [-0.15, -0.1) is 0 Å². The van der Waals surface area contributed by atoms with Crippen molar-refractivity contribution in [3.63, 3.8) is 0 Å². The minimum absolute atomic E-state index is 0.0102. The van der Waals surface area contributed by atoms with Crippen molar-refractivity contribution in [1.29, 1.82) is 0 Å². The molecule has 0 atom stereocenters. The van der Waals surface area contributed by atoms with Gasteiger partial charge in [0, 0.05) is 5.56 Å². The van der Waals surface area contributed by atoms with Crippen molar-refractivity contribution in [1.82, 2.24) is 0 Å². The maximum absolute atomic E-state index is 11.6. The van der Waals surface area contributed by atoms with Crippen LogP contribution in [0.5, 0.6) is 0 Å². The number of rotatable bonds is 3. The largest absolute Gasteiger partial charge is 0.462 e. The van der Waals surface area contributed by atoms with Crippen LogP contribution in [-0.4, -0.2) is 18.4 Å². The maximum atomic E-state index is 11.6. The van der Waals surface area contributed by atoms with Crippen molar-refractivity contribution < 1.29 is 14.3 Å². The van der Waals surface area contributed by atoms with Crippen LogP contribution in [0.15, 0.2) is 12.1 Å². The number of esters is 1. The Morgan fingerprint density at radius 2 is 1.62 bits per heavy atom. The standard InChI is InChI=1S/C13H16O3/c1-5-16-13(15)12-7-8(2)11(10(4)14)6-9(12)3/h6-7H,5H2,1-4H3. The molecule has 1 aromatic rings. The lowest BCUT2D eigenvalue weighted by molar-refractivity contribution is 0.0525. The summed E-state index contributed by atoms with van der Waals surface area (Å²) in [5.74, 6) is -0.325. The van der Waals surface area contributed by atoms with Gasteiger partial charge < -0.3 is 4.74 Å². The first-order valence-electron chi connectivity index (χ1n) is 5.26. The van der Waals surface area contributed by atoms with E-state index in [9.17, 15) is 9.59 Å².